The van der Waals surface area contributed by atoms with Crippen molar-refractivity contribution in [1.29, 1.82) is 0 Å². The zero-order valence-electron chi connectivity index (χ0n) is 11.7. The van der Waals surface area contributed by atoms with Crippen LogP contribution in [0.3, 0.4) is 0 Å². The molecule has 2 rings (SSSR count). The summed E-state index contributed by atoms with van der Waals surface area (Å²) < 4.78 is 1.58. The van der Waals surface area contributed by atoms with Gasteiger partial charge in [0.2, 0.25) is 5.91 Å². The fraction of sp³-hybridized carbons (Fsp3) is 0.769. The molecule has 1 aliphatic rings. The monoisotopic (exact) mass is 265 g/mol. The maximum absolute atomic E-state index is 12.2. The summed E-state index contributed by atoms with van der Waals surface area (Å²) in [7, 11) is 0. The van der Waals surface area contributed by atoms with E-state index in [1.54, 1.807) is 17.1 Å². The van der Waals surface area contributed by atoms with Crippen LogP contribution in [-0.4, -0.2) is 51.5 Å². The Morgan fingerprint density at radius 1 is 1.53 bits per heavy atom. The van der Waals surface area contributed by atoms with Gasteiger partial charge in [-0.2, -0.15) is 0 Å². The van der Waals surface area contributed by atoms with Gasteiger partial charge in [-0.15, -0.1) is 5.10 Å². The second-order valence-corrected chi connectivity index (χ2v) is 5.51. The predicted octanol–water partition coefficient (Wildman–Crippen LogP) is 0.515. The quantitative estimate of drug-likeness (QED) is 0.843. The van der Waals surface area contributed by atoms with Crippen LogP contribution in [0.15, 0.2) is 12.4 Å². The van der Waals surface area contributed by atoms with E-state index in [1.165, 1.54) is 6.42 Å². The van der Waals surface area contributed by atoms with Crippen LogP contribution in [0.25, 0.3) is 0 Å². The molecule has 2 heterocycles. The lowest BCUT2D eigenvalue weighted by molar-refractivity contribution is -0.133. The highest BCUT2D eigenvalue weighted by Crippen LogP contribution is 2.16. The molecule has 0 saturated carbocycles. The van der Waals surface area contributed by atoms with Crippen LogP contribution >= 0.6 is 0 Å². The Morgan fingerprint density at radius 2 is 2.37 bits per heavy atom. The first-order valence-corrected chi connectivity index (χ1v) is 7.00. The summed E-state index contributed by atoms with van der Waals surface area (Å²) in [6.45, 7) is 7.31. The van der Waals surface area contributed by atoms with Gasteiger partial charge in [-0.05, 0) is 25.3 Å². The maximum atomic E-state index is 12.2. The molecule has 1 N–H and O–H groups in total. The van der Waals surface area contributed by atoms with E-state index >= 15 is 0 Å². The van der Waals surface area contributed by atoms with Crippen LogP contribution in [0.4, 0.5) is 0 Å². The Labute approximate surface area is 114 Å². The fourth-order valence-electron chi connectivity index (χ4n) is 2.42. The molecule has 19 heavy (non-hydrogen) atoms. The number of rotatable bonds is 5. The second-order valence-electron chi connectivity index (χ2n) is 5.51. The summed E-state index contributed by atoms with van der Waals surface area (Å²) in [5.74, 6) is 0.704. The van der Waals surface area contributed by atoms with Gasteiger partial charge < -0.3 is 10.2 Å². The minimum absolute atomic E-state index is 0.139. The number of piperidine rings is 1. The van der Waals surface area contributed by atoms with Gasteiger partial charge in [0.25, 0.3) is 0 Å². The molecule has 0 spiro atoms. The van der Waals surface area contributed by atoms with Crippen molar-refractivity contribution < 1.29 is 4.79 Å². The van der Waals surface area contributed by atoms with Crippen molar-refractivity contribution in [2.24, 2.45) is 5.92 Å². The molecule has 1 fully saturated rings. The highest BCUT2D eigenvalue weighted by molar-refractivity contribution is 5.75. The molecule has 1 amide bonds. The van der Waals surface area contributed by atoms with E-state index in [2.05, 4.69) is 29.5 Å². The number of nitrogens with one attached hydrogen (secondary N) is 1. The van der Waals surface area contributed by atoms with Crippen LogP contribution in [0, 0.1) is 5.92 Å². The largest absolute Gasteiger partial charge is 0.341 e. The van der Waals surface area contributed by atoms with Gasteiger partial charge in [-0.1, -0.05) is 19.1 Å². The minimum Gasteiger partial charge on any atom is -0.341 e. The van der Waals surface area contributed by atoms with Crippen molar-refractivity contribution in [3.63, 3.8) is 0 Å². The summed E-state index contributed by atoms with van der Waals surface area (Å²) in [4.78, 5) is 14.1. The van der Waals surface area contributed by atoms with Crippen molar-refractivity contribution in [3.8, 4) is 0 Å². The molecule has 0 aromatic carbocycles. The Kier molecular flexibility index (Phi) is 4.90. The Hall–Kier alpha value is -1.43. The van der Waals surface area contributed by atoms with E-state index < -0.39 is 0 Å². The Morgan fingerprint density at radius 3 is 3.05 bits per heavy atom. The van der Waals surface area contributed by atoms with Gasteiger partial charge in [-0.25, -0.2) is 4.68 Å². The number of likely N-dealkylation sites (tertiary alicyclic amines) is 1. The van der Waals surface area contributed by atoms with Crippen molar-refractivity contribution in [2.75, 3.05) is 19.6 Å². The van der Waals surface area contributed by atoms with Crippen molar-refractivity contribution in [3.05, 3.63) is 12.4 Å². The van der Waals surface area contributed by atoms with Crippen LogP contribution < -0.4 is 5.32 Å². The number of amides is 1. The lowest BCUT2D eigenvalue weighted by Crippen LogP contribution is -2.44. The van der Waals surface area contributed by atoms with Gasteiger partial charge in [-0.3, -0.25) is 4.79 Å². The maximum Gasteiger partial charge on any atom is 0.244 e. The molecule has 0 radical (unpaired) electrons. The van der Waals surface area contributed by atoms with E-state index in [4.69, 9.17) is 0 Å². The third-order valence-corrected chi connectivity index (χ3v) is 3.46. The second kappa shape index (κ2) is 6.65. The zero-order chi connectivity index (χ0) is 13.7. The van der Waals surface area contributed by atoms with Gasteiger partial charge >= 0.3 is 0 Å². The summed E-state index contributed by atoms with van der Waals surface area (Å²) in [6.07, 6.45) is 5.61. The molecule has 1 unspecified atom stereocenters. The predicted molar refractivity (Wildman–Crippen MR) is 72.5 cm³/mol. The summed E-state index contributed by atoms with van der Waals surface area (Å²) in [5.41, 5.74) is 0. The molecule has 0 bridgehead atoms. The van der Waals surface area contributed by atoms with E-state index in [0.717, 1.165) is 26.1 Å². The summed E-state index contributed by atoms with van der Waals surface area (Å²) in [6, 6.07) is 0.501. The molecule has 1 aromatic heterocycles. The third-order valence-electron chi connectivity index (χ3n) is 3.46. The fourth-order valence-corrected chi connectivity index (χ4v) is 2.42. The lowest BCUT2D eigenvalue weighted by atomic mass is 9.97. The van der Waals surface area contributed by atoms with Crippen LogP contribution in [0.5, 0.6) is 0 Å². The smallest absolute Gasteiger partial charge is 0.244 e. The number of nitrogens with zero attached hydrogens (tertiary/aromatic N) is 4. The average molecular weight is 265 g/mol. The lowest BCUT2D eigenvalue weighted by Gasteiger charge is -2.33. The zero-order valence-corrected chi connectivity index (χ0v) is 11.7. The first kappa shape index (κ1) is 14.0. The number of aromatic nitrogens is 3. The topological polar surface area (TPSA) is 63.1 Å². The number of hydrogen-bond acceptors (Lipinski definition) is 4. The van der Waals surface area contributed by atoms with Gasteiger partial charge in [0.05, 0.1) is 6.20 Å². The van der Waals surface area contributed by atoms with Gasteiger partial charge in [0.15, 0.2) is 0 Å². The summed E-state index contributed by atoms with van der Waals surface area (Å²) in [5, 5.41) is 11.0. The van der Waals surface area contributed by atoms with E-state index in [0.29, 0.717) is 18.5 Å². The number of carbonyl (C=O) groups is 1. The first-order valence-electron chi connectivity index (χ1n) is 7.00. The molecule has 1 aromatic rings. The molecule has 6 nitrogen and oxygen atoms in total. The molecule has 1 aliphatic heterocycles. The van der Waals surface area contributed by atoms with Crippen molar-refractivity contribution in [1.82, 2.24) is 25.2 Å². The molecule has 106 valence electrons. The van der Waals surface area contributed by atoms with E-state index in [1.807, 2.05) is 4.90 Å². The molecule has 1 saturated heterocycles. The van der Waals surface area contributed by atoms with Gasteiger partial charge in [0, 0.05) is 25.3 Å². The average Bonchev–Trinajstić information content (AvgIpc) is 2.89. The van der Waals surface area contributed by atoms with Gasteiger partial charge in [0.1, 0.15) is 6.54 Å². The van der Waals surface area contributed by atoms with Crippen LogP contribution in [0.2, 0.25) is 0 Å². The molecule has 1 atom stereocenters. The Balaban J connectivity index is 1.81. The highest BCUT2D eigenvalue weighted by atomic mass is 16.2. The molecule has 6 heteroatoms. The van der Waals surface area contributed by atoms with E-state index in [-0.39, 0.29) is 5.91 Å². The standard InChI is InChI=1S/C13H23N5O/c1-11(2)14-8-12-4-3-6-17(9-12)13(19)10-18-7-5-15-16-18/h5,7,11-12,14H,3-4,6,8-10H2,1-2H3. The molecular formula is C13H23N5O. The first-order chi connectivity index (χ1) is 9.15. The van der Waals surface area contributed by atoms with Crippen LogP contribution in [0.1, 0.15) is 26.7 Å². The number of carbonyl (C=O) groups excluding carboxylic acids is 1. The normalized spacial score (nSPS) is 19.9. The van der Waals surface area contributed by atoms with Crippen molar-refractivity contribution >= 4 is 5.91 Å². The highest BCUT2D eigenvalue weighted by Gasteiger charge is 2.23. The van der Waals surface area contributed by atoms with Crippen LogP contribution in [-0.2, 0) is 11.3 Å². The summed E-state index contributed by atoms with van der Waals surface area (Å²) >= 11 is 0. The minimum atomic E-state index is 0.139. The van der Waals surface area contributed by atoms with Crippen molar-refractivity contribution in [2.45, 2.75) is 39.3 Å². The molecule has 0 aliphatic carbocycles. The third kappa shape index (κ3) is 4.31. The Bertz CT molecular complexity index is 390. The molecular weight excluding hydrogens is 242 g/mol. The SMILES string of the molecule is CC(C)NCC1CCCN(C(=O)Cn2ccnn2)C1. The number of hydrogen-bond donors (Lipinski definition) is 1. The van der Waals surface area contributed by atoms with E-state index in [9.17, 15) is 4.79 Å².